The first-order valence-electron chi connectivity index (χ1n) is 9.04. The number of benzene rings is 1. The average molecular weight is 325 g/mol. The number of piperidine rings is 1. The predicted octanol–water partition coefficient (Wildman–Crippen LogP) is 3.60. The molecule has 0 saturated carbocycles. The summed E-state index contributed by atoms with van der Waals surface area (Å²) in [6.45, 7) is 3.94. The SMILES string of the molecule is Cc1cncn1CCC1CCCCN1C(=O)CCc1ccccc1. The molecule has 2 heterocycles. The van der Waals surface area contributed by atoms with Crippen molar-refractivity contribution in [2.45, 2.75) is 58.0 Å². The fourth-order valence-corrected chi connectivity index (χ4v) is 3.58. The zero-order valence-corrected chi connectivity index (χ0v) is 14.5. The van der Waals surface area contributed by atoms with Crippen molar-refractivity contribution >= 4 is 5.91 Å². The molecule has 0 N–H and O–H groups in total. The maximum atomic E-state index is 12.7. The number of carbonyl (C=O) groups is 1. The highest BCUT2D eigenvalue weighted by atomic mass is 16.2. The van der Waals surface area contributed by atoms with Gasteiger partial charge in [0.2, 0.25) is 5.91 Å². The highest BCUT2D eigenvalue weighted by Crippen LogP contribution is 2.22. The van der Waals surface area contributed by atoms with E-state index in [1.807, 2.05) is 30.7 Å². The molecule has 1 atom stereocenters. The highest BCUT2D eigenvalue weighted by Gasteiger charge is 2.26. The first-order valence-corrected chi connectivity index (χ1v) is 9.04. The van der Waals surface area contributed by atoms with Crippen LogP contribution in [0.1, 0.15) is 43.4 Å². The van der Waals surface area contributed by atoms with E-state index in [9.17, 15) is 4.79 Å². The molecule has 0 radical (unpaired) electrons. The van der Waals surface area contributed by atoms with Crippen LogP contribution in [0, 0.1) is 6.92 Å². The zero-order chi connectivity index (χ0) is 16.8. The normalized spacial score (nSPS) is 17.9. The zero-order valence-electron chi connectivity index (χ0n) is 14.5. The minimum Gasteiger partial charge on any atom is -0.340 e. The molecule has 1 aromatic carbocycles. The van der Waals surface area contributed by atoms with E-state index in [-0.39, 0.29) is 0 Å². The van der Waals surface area contributed by atoms with Gasteiger partial charge in [0.15, 0.2) is 0 Å². The molecule has 24 heavy (non-hydrogen) atoms. The molecule has 1 aromatic heterocycles. The summed E-state index contributed by atoms with van der Waals surface area (Å²) < 4.78 is 2.18. The average Bonchev–Trinajstić information content (AvgIpc) is 3.04. The van der Waals surface area contributed by atoms with E-state index in [0.29, 0.717) is 18.4 Å². The van der Waals surface area contributed by atoms with Crippen LogP contribution in [-0.4, -0.2) is 32.9 Å². The molecule has 0 aliphatic carbocycles. The maximum absolute atomic E-state index is 12.7. The Bertz CT molecular complexity index is 650. The third-order valence-electron chi connectivity index (χ3n) is 5.04. The Morgan fingerprint density at radius 1 is 1.25 bits per heavy atom. The highest BCUT2D eigenvalue weighted by molar-refractivity contribution is 5.76. The molecule has 1 aliphatic heterocycles. The molecule has 4 heteroatoms. The van der Waals surface area contributed by atoms with Crippen molar-refractivity contribution in [2.75, 3.05) is 6.54 Å². The first kappa shape index (κ1) is 16.7. The Morgan fingerprint density at radius 2 is 2.08 bits per heavy atom. The molecule has 1 unspecified atom stereocenters. The monoisotopic (exact) mass is 325 g/mol. The summed E-state index contributed by atoms with van der Waals surface area (Å²) in [5, 5.41) is 0. The fourth-order valence-electron chi connectivity index (χ4n) is 3.58. The first-order chi connectivity index (χ1) is 11.7. The summed E-state index contributed by atoms with van der Waals surface area (Å²) >= 11 is 0. The molecule has 4 nitrogen and oxygen atoms in total. The topological polar surface area (TPSA) is 38.1 Å². The van der Waals surface area contributed by atoms with E-state index in [4.69, 9.17) is 0 Å². The Labute approximate surface area is 144 Å². The van der Waals surface area contributed by atoms with Crippen LogP contribution in [0.15, 0.2) is 42.9 Å². The Hall–Kier alpha value is -2.10. The van der Waals surface area contributed by atoms with Gasteiger partial charge in [-0.1, -0.05) is 30.3 Å². The summed E-state index contributed by atoms with van der Waals surface area (Å²) in [6, 6.07) is 10.7. The molecule has 2 aromatic rings. The predicted molar refractivity (Wildman–Crippen MR) is 95.7 cm³/mol. The lowest BCUT2D eigenvalue weighted by Crippen LogP contribution is -2.44. The fraction of sp³-hybridized carbons (Fsp3) is 0.500. The third-order valence-corrected chi connectivity index (χ3v) is 5.04. The Morgan fingerprint density at radius 3 is 2.83 bits per heavy atom. The standard InChI is InChI=1S/C20H27N3O/c1-17-15-21-16-22(17)14-12-19-9-5-6-13-23(19)20(24)11-10-18-7-3-2-4-8-18/h2-4,7-8,15-16,19H,5-6,9-14H2,1H3. The van der Waals surface area contributed by atoms with Gasteiger partial charge in [-0.3, -0.25) is 4.79 Å². The van der Waals surface area contributed by atoms with Gasteiger partial charge in [0, 0.05) is 37.4 Å². The summed E-state index contributed by atoms with van der Waals surface area (Å²) in [4.78, 5) is 19.0. The van der Waals surface area contributed by atoms with Gasteiger partial charge >= 0.3 is 0 Å². The lowest BCUT2D eigenvalue weighted by molar-refractivity contribution is -0.135. The number of hydrogen-bond acceptors (Lipinski definition) is 2. The number of likely N-dealkylation sites (tertiary alicyclic amines) is 1. The van der Waals surface area contributed by atoms with Gasteiger partial charge in [0.05, 0.1) is 6.33 Å². The van der Waals surface area contributed by atoms with Gasteiger partial charge in [-0.15, -0.1) is 0 Å². The molecular formula is C20H27N3O. The number of aryl methyl sites for hydroxylation is 3. The number of imidazole rings is 1. The molecule has 128 valence electrons. The van der Waals surface area contributed by atoms with Gasteiger partial charge in [-0.05, 0) is 44.6 Å². The second-order valence-electron chi connectivity index (χ2n) is 6.74. The largest absolute Gasteiger partial charge is 0.340 e. The summed E-state index contributed by atoms with van der Waals surface area (Å²) in [5.41, 5.74) is 2.43. The maximum Gasteiger partial charge on any atom is 0.223 e. The molecule has 3 rings (SSSR count). The van der Waals surface area contributed by atoms with E-state index in [0.717, 1.165) is 38.8 Å². The minimum absolute atomic E-state index is 0.311. The van der Waals surface area contributed by atoms with Crippen molar-refractivity contribution in [3.8, 4) is 0 Å². The van der Waals surface area contributed by atoms with Crippen LogP contribution in [0.5, 0.6) is 0 Å². The van der Waals surface area contributed by atoms with Crippen molar-refractivity contribution < 1.29 is 4.79 Å². The second-order valence-corrected chi connectivity index (χ2v) is 6.74. The quantitative estimate of drug-likeness (QED) is 0.814. The number of carbonyl (C=O) groups excluding carboxylic acids is 1. The van der Waals surface area contributed by atoms with Gasteiger partial charge < -0.3 is 9.47 Å². The van der Waals surface area contributed by atoms with E-state index < -0.39 is 0 Å². The third kappa shape index (κ3) is 4.25. The molecule has 0 spiro atoms. The second kappa shape index (κ2) is 8.13. The number of rotatable bonds is 6. The Balaban J connectivity index is 1.55. The van der Waals surface area contributed by atoms with Crippen molar-refractivity contribution in [3.63, 3.8) is 0 Å². The summed E-state index contributed by atoms with van der Waals surface area (Å²) in [7, 11) is 0. The van der Waals surface area contributed by atoms with Crippen molar-refractivity contribution in [3.05, 3.63) is 54.1 Å². The van der Waals surface area contributed by atoms with Crippen LogP contribution in [-0.2, 0) is 17.8 Å². The molecule has 1 aliphatic rings. The van der Waals surface area contributed by atoms with Crippen LogP contribution < -0.4 is 0 Å². The van der Waals surface area contributed by atoms with Crippen LogP contribution in [0.4, 0.5) is 0 Å². The van der Waals surface area contributed by atoms with E-state index >= 15 is 0 Å². The van der Waals surface area contributed by atoms with Gasteiger partial charge in [0.1, 0.15) is 0 Å². The van der Waals surface area contributed by atoms with Gasteiger partial charge in [0.25, 0.3) is 0 Å². The van der Waals surface area contributed by atoms with Gasteiger partial charge in [-0.2, -0.15) is 0 Å². The number of nitrogens with zero attached hydrogens (tertiary/aromatic N) is 3. The molecule has 1 fully saturated rings. The molecule has 1 saturated heterocycles. The van der Waals surface area contributed by atoms with Crippen molar-refractivity contribution in [1.29, 1.82) is 0 Å². The van der Waals surface area contributed by atoms with E-state index in [2.05, 4.69) is 33.5 Å². The van der Waals surface area contributed by atoms with Crippen molar-refractivity contribution in [1.82, 2.24) is 14.5 Å². The lowest BCUT2D eigenvalue weighted by Gasteiger charge is -2.36. The van der Waals surface area contributed by atoms with E-state index in [1.54, 1.807) is 0 Å². The van der Waals surface area contributed by atoms with Gasteiger partial charge in [-0.25, -0.2) is 4.98 Å². The minimum atomic E-state index is 0.311. The lowest BCUT2D eigenvalue weighted by atomic mass is 9.98. The summed E-state index contributed by atoms with van der Waals surface area (Å²) in [5.74, 6) is 0.311. The van der Waals surface area contributed by atoms with E-state index in [1.165, 1.54) is 17.7 Å². The van der Waals surface area contributed by atoms with Crippen LogP contribution in [0.3, 0.4) is 0 Å². The molecule has 1 amide bonds. The number of hydrogen-bond donors (Lipinski definition) is 0. The van der Waals surface area contributed by atoms with Crippen LogP contribution >= 0.6 is 0 Å². The molecular weight excluding hydrogens is 298 g/mol. The molecule has 0 bridgehead atoms. The van der Waals surface area contributed by atoms with Crippen molar-refractivity contribution in [2.24, 2.45) is 0 Å². The van der Waals surface area contributed by atoms with Crippen LogP contribution in [0.2, 0.25) is 0 Å². The number of amides is 1. The smallest absolute Gasteiger partial charge is 0.223 e. The van der Waals surface area contributed by atoms with Crippen LogP contribution in [0.25, 0.3) is 0 Å². The Kier molecular flexibility index (Phi) is 5.68. The summed E-state index contributed by atoms with van der Waals surface area (Å²) in [6.07, 6.45) is 9.75. The number of aromatic nitrogens is 2.